The van der Waals surface area contributed by atoms with Gasteiger partial charge >= 0.3 is 0 Å². The zero-order valence-corrected chi connectivity index (χ0v) is 7.99. The van der Waals surface area contributed by atoms with Crippen molar-refractivity contribution in [3.63, 3.8) is 0 Å². The molecule has 0 spiro atoms. The number of aromatic nitrogens is 2. The summed E-state index contributed by atoms with van der Waals surface area (Å²) < 4.78 is 2.11. The van der Waals surface area contributed by atoms with Gasteiger partial charge in [0.05, 0.1) is 6.54 Å². The lowest BCUT2D eigenvalue weighted by atomic mass is 10.1. The molecule has 0 unspecified atom stereocenters. The molecule has 1 aromatic carbocycles. The standard InChI is InChI=1S/C11H11N3/c1-8-2-3-10-9(6-8)7-14-5-4-12-11(14)13-10/h2-6H,7H2,1H3,(H,12,13). The van der Waals surface area contributed by atoms with Gasteiger partial charge in [-0.2, -0.15) is 0 Å². The molecule has 0 saturated carbocycles. The summed E-state index contributed by atoms with van der Waals surface area (Å²) >= 11 is 0. The number of benzene rings is 1. The first-order valence-corrected chi connectivity index (χ1v) is 4.70. The number of anilines is 2. The minimum atomic E-state index is 0.916. The van der Waals surface area contributed by atoms with Crippen molar-refractivity contribution < 1.29 is 0 Å². The molecule has 3 heteroatoms. The quantitative estimate of drug-likeness (QED) is 0.582. The predicted octanol–water partition coefficient (Wildman–Crippen LogP) is 2.30. The van der Waals surface area contributed by atoms with Crippen LogP contribution in [-0.4, -0.2) is 9.55 Å². The van der Waals surface area contributed by atoms with Gasteiger partial charge < -0.3 is 9.88 Å². The van der Waals surface area contributed by atoms with Crippen LogP contribution < -0.4 is 5.32 Å². The number of imidazole rings is 1. The summed E-state index contributed by atoms with van der Waals surface area (Å²) in [5, 5.41) is 3.30. The first kappa shape index (κ1) is 7.62. The normalized spacial score (nSPS) is 12.9. The van der Waals surface area contributed by atoms with Crippen LogP contribution in [0.5, 0.6) is 0 Å². The van der Waals surface area contributed by atoms with E-state index in [2.05, 4.69) is 40.0 Å². The van der Waals surface area contributed by atoms with Crippen molar-refractivity contribution in [1.82, 2.24) is 9.55 Å². The maximum absolute atomic E-state index is 4.23. The molecular formula is C11H11N3. The molecule has 70 valence electrons. The highest BCUT2D eigenvalue weighted by Gasteiger charge is 2.13. The highest BCUT2D eigenvalue weighted by atomic mass is 15.2. The second-order valence-electron chi connectivity index (χ2n) is 3.66. The fourth-order valence-electron chi connectivity index (χ4n) is 1.84. The monoisotopic (exact) mass is 185 g/mol. The molecule has 3 nitrogen and oxygen atoms in total. The van der Waals surface area contributed by atoms with E-state index in [0.717, 1.165) is 12.5 Å². The zero-order chi connectivity index (χ0) is 9.54. The molecule has 0 aliphatic carbocycles. The van der Waals surface area contributed by atoms with Crippen molar-refractivity contribution >= 4 is 11.6 Å². The molecule has 1 aliphatic rings. The molecular weight excluding hydrogens is 174 g/mol. The van der Waals surface area contributed by atoms with Crippen LogP contribution in [0.3, 0.4) is 0 Å². The molecule has 0 fully saturated rings. The largest absolute Gasteiger partial charge is 0.325 e. The van der Waals surface area contributed by atoms with Gasteiger partial charge in [0.2, 0.25) is 5.95 Å². The molecule has 14 heavy (non-hydrogen) atoms. The van der Waals surface area contributed by atoms with E-state index in [4.69, 9.17) is 0 Å². The third-order valence-electron chi connectivity index (χ3n) is 2.56. The molecule has 0 amide bonds. The summed E-state index contributed by atoms with van der Waals surface area (Å²) in [5.41, 5.74) is 3.80. The molecule has 0 atom stereocenters. The van der Waals surface area contributed by atoms with E-state index in [1.807, 2.05) is 12.4 Å². The smallest absolute Gasteiger partial charge is 0.207 e. The number of nitrogens with one attached hydrogen (secondary N) is 1. The van der Waals surface area contributed by atoms with Crippen LogP contribution >= 0.6 is 0 Å². The Hall–Kier alpha value is -1.77. The molecule has 0 saturated heterocycles. The maximum Gasteiger partial charge on any atom is 0.207 e. The molecule has 3 rings (SSSR count). The van der Waals surface area contributed by atoms with Gasteiger partial charge in [-0.15, -0.1) is 0 Å². The van der Waals surface area contributed by atoms with Crippen LogP contribution in [-0.2, 0) is 6.54 Å². The lowest BCUT2D eigenvalue weighted by Crippen LogP contribution is -2.12. The summed E-state index contributed by atoms with van der Waals surface area (Å²) in [7, 11) is 0. The third-order valence-corrected chi connectivity index (χ3v) is 2.56. The van der Waals surface area contributed by atoms with Gasteiger partial charge in [-0.1, -0.05) is 17.7 Å². The van der Waals surface area contributed by atoms with Crippen molar-refractivity contribution in [3.8, 4) is 0 Å². The van der Waals surface area contributed by atoms with E-state index in [1.165, 1.54) is 16.8 Å². The van der Waals surface area contributed by atoms with Gasteiger partial charge in [0, 0.05) is 18.1 Å². The molecule has 1 N–H and O–H groups in total. The summed E-state index contributed by atoms with van der Waals surface area (Å²) in [6, 6.07) is 6.44. The minimum absolute atomic E-state index is 0.916. The van der Waals surface area contributed by atoms with Gasteiger partial charge in [-0.05, 0) is 18.6 Å². The zero-order valence-electron chi connectivity index (χ0n) is 7.99. The van der Waals surface area contributed by atoms with Crippen molar-refractivity contribution in [2.75, 3.05) is 5.32 Å². The Balaban J connectivity index is 2.12. The van der Waals surface area contributed by atoms with Gasteiger partial charge in [-0.3, -0.25) is 0 Å². The Morgan fingerprint density at radius 3 is 3.29 bits per heavy atom. The van der Waals surface area contributed by atoms with Gasteiger partial charge in [0.1, 0.15) is 0 Å². The van der Waals surface area contributed by atoms with E-state index < -0.39 is 0 Å². The highest BCUT2D eigenvalue weighted by Crippen LogP contribution is 2.27. The predicted molar refractivity (Wildman–Crippen MR) is 55.8 cm³/mol. The molecule has 0 radical (unpaired) electrons. The fraction of sp³-hybridized carbons (Fsp3) is 0.182. The van der Waals surface area contributed by atoms with Crippen LogP contribution in [0, 0.1) is 6.92 Å². The Morgan fingerprint density at radius 2 is 2.36 bits per heavy atom. The fourth-order valence-corrected chi connectivity index (χ4v) is 1.84. The van der Waals surface area contributed by atoms with Crippen LogP contribution in [0.15, 0.2) is 30.6 Å². The van der Waals surface area contributed by atoms with Crippen molar-refractivity contribution in [2.45, 2.75) is 13.5 Å². The van der Waals surface area contributed by atoms with Crippen molar-refractivity contribution in [3.05, 3.63) is 41.7 Å². The van der Waals surface area contributed by atoms with E-state index in [9.17, 15) is 0 Å². The van der Waals surface area contributed by atoms with Crippen LogP contribution in [0.1, 0.15) is 11.1 Å². The molecule has 0 bridgehead atoms. The van der Waals surface area contributed by atoms with Gasteiger partial charge in [0.15, 0.2) is 0 Å². The number of hydrogen-bond acceptors (Lipinski definition) is 2. The first-order valence-electron chi connectivity index (χ1n) is 4.70. The Bertz CT molecular complexity index is 485. The Kier molecular flexibility index (Phi) is 1.42. The molecule has 2 heterocycles. The SMILES string of the molecule is Cc1ccc2c(c1)Cn1ccnc1N2. The topological polar surface area (TPSA) is 29.9 Å². The second-order valence-corrected chi connectivity index (χ2v) is 3.66. The van der Waals surface area contributed by atoms with E-state index in [-0.39, 0.29) is 0 Å². The van der Waals surface area contributed by atoms with Gasteiger partial charge in [0.25, 0.3) is 0 Å². The Labute approximate surface area is 82.4 Å². The third kappa shape index (κ3) is 1.02. The van der Waals surface area contributed by atoms with Crippen molar-refractivity contribution in [1.29, 1.82) is 0 Å². The maximum atomic E-state index is 4.23. The summed E-state index contributed by atoms with van der Waals surface area (Å²) in [6.07, 6.45) is 3.81. The van der Waals surface area contributed by atoms with Gasteiger partial charge in [-0.25, -0.2) is 4.98 Å². The van der Waals surface area contributed by atoms with Crippen LogP contribution in [0.2, 0.25) is 0 Å². The number of hydrogen-bond donors (Lipinski definition) is 1. The van der Waals surface area contributed by atoms with Crippen LogP contribution in [0.25, 0.3) is 0 Å². The molecule has 2 aromatic rings. The lowest BCUT2D eigenvalue weighted by molar-refractivity contribution is 0.790. The highest BCUT2D eigenvalue weighted by molar-refractivity contribution is 5.62. The van der Waals surface area contributed by atoms with E-state index >= 15 is 0 Å². The summed E-state index contributed by atoms with van der Waals surface area (Å²) in [5.74, 6) is 0.932. The second kappa shape index (κ2) is 2.61. The van der Waals surface area contributed by atoms with Crippen LogP contribution in [0.4, 0.5) is 11.6 Å². The lowest BCUT2D eigenvalue weighted by Gasteiger charge is -2.19. The molecule has 1 aliphatic heterocycles. The number of nitrogens with zero attached hydrogens (tertiary/aromatic N) is 2. The Morgan fingerprint density at radius 1 is 1.43 bits per heavy atom. The number of aryl methyl sites for hydroxylation is 1. The van der Waals surface area contributed by atoms with Crippen molar-refractivity contribution in [2.24, 2.45) is 0 Å². The van der Waals surface area contributed by atoms with E-state index in [0.29, 0.717) is 0 Å². The summed E-state index contributed by atoms with van der Waals surface area (Å²) in [6.45, 7) is 3.03. The number of fused-ring (bicyclic) bond motifs is 2. The minimum Gasteiger partial charge on any atom is -0.325 e. The first-order chi connectivity index (χ1) is 6.83. The average Bonchev–Trinajstić information content (AvgIpc) is 2.61. The number of rotatable bonds is 0. The average molecular weight is 185 g/mol. The summed E-state index contributed by atoms with van der Waals surface area (Å²) in [4.78, 5) is 4.23. The molecule has 1 aromatic heterocycles. The van der Waals surface area contributed by atoms with E-state index in [1.54, 1.807) is 0 Å².